The maximum absolute atomic E-state index is 13.1. The van der Waals surface area contributed by atoms with Gasteiger partial charge in [-0.3, -0.25) is 10.1 Å². The number of nitro groups is 1. The number of nitro benzene ring substituents is 1. The molecule has 106 valence electrons. The highest BCUT2D eigenvalue weighted by molar-refractivity contribution is 6.31. The van der Waals surface area contributed by atoms with Crippen molar-refractivity contribution in [1.82, 2.24) is 0 Å². The normalized spacial score (nSPS) is 10.8. The molecule has 1 aromatic carbocycles. The summed E-state index contributed by atoms with van der Waals surface area (Å²) in [5.74, 6) is -0.909. The van der Waals surface area contributed by atoms with Crippen LogP contribution in [0.25, 0.3) is 0 Å². The summed E-state index contributed by atoms with van der Waals surface area (Å²) in [6.07, 6.45) is -2.57. The van der Waals surface area contributed by atoms with Gasteiger partial charge >= 0.3 is 0 Å². The van der Waals surface area contributed by atoms with Crippen LogP contribution >= 0.6 is 11.6 Å². The van der Waals surface area contributed by atoms with Crippen LogP contribution in [0.3, 0.4) is 0 Å². The van der Waals surface area contributed by atoms with Gasteiger partial charge in [-0.2, -0.15) is 0 Å². The van der Waals surface area contributed by atoms with Crippen LogP contribution in [0.4, 0.5) is 24.5 Å². The lowest BCUT2D eigenvalue weighted by molar-refractivity contribution is -0.384. The van der Waals surface area contributed by atoms with Crippen molar-refractivity contribution in [3.8, 4) is 0 Å². The van der Waals surface area contributed by atoms with Gasteiger partial charge in [-0.1, -0.05) is 11.6 Å². The van der Waals surface area contributed by atoms with Crippen LogP contribution in [0.15, 0.2) is 12.1 Å². The van der Waals surface area contributed by atoms with Crippen LogP contribution in [0, 0.1) is 15.9 Å². The Hall–Kier alpha value is -1.54. The third kappa shape index (κ3) is 4.92. The predicted molar refractivity (Wildman–Crippen MR) is 63.4 cm³/mol. The first kappa shape index (κ1) is 15.5. The number of benzene rings is 1. The minimum absolute atomic E-state index is 0.00273. The molecule has 0 radical (unpaired) electrons. The Labute approximate surface area is 111 Å². The van der Waals surface area contributed by atoms with Crippen LogP contribution in [0.2, 0.25) is 5.02 Å². The fourth-order valence-electron chi connectivity index (χ4n) is 1.26. The van der Waals surface area contributed by atoms with Crippen molar-refractivity contribution in [3.05, 3.63) is 33.1 Å². The molecule has 9 heteroatoms. The SMILES string of the molecule is O=[N+]([O-])c1cc(F)c(Cl)cc1NCCOCC(F)F. The number of hydrogen-bond acceptors (Lipinski definition) is 4. The fourth-order valence-corrected chi connectivity index (χ4v) is 1.42. The molecular formula is C10H10ClF3N2O3. The molecule has 0 bridgehead atoms. The molecule has 0 saturated carbocycles. The number of anilines is 1. The first-order chi connectivity index (χ1) is 8.91. The van der Waals surface area contributed by atoms with E-state index in [-0.39, 0.29) is 23.9 Å². The van der Waals surface area contributed by atoms with Crippen molar-refractivity contribution in [1.29, 1.82) is 0 Å². The van der Waals surface area contributed by atoms with Crippen LogP contribution in [-0.4, -0.2) is 31.1 Å². The van der Waals surface area contributed by atoms with Gasteiger partial charge in [0.05, 0.1) is 22.6 Å². The number of ether oxygens (including phenoxy) is 1. The summed E-state index contributed by atoms with van der Waals surface area (Å²) in [4.78, 5) is 9.91. The molecule has 0 aliphatic carbocycles. The second-order valence-electron chi connectivity index (χ2n) is 3.43. The average Bonchev–Trinajstić information content (AvgIpc) is 2.32. The van der Waals surface area contributed by atoms with Crippen LogP contribution in [0.1, 0.15) is 0 Å². The molecular weight excluding hydrogens is 289 g/mol. The smallest absolute Gasteiger partial charge is 0.295 e. The van der Waals surface area contributed by atoms with Crippen molar-refractivity contribution in [2.75, 3.05) is 25.1 Å². The van der Waals surface area contributed by atoms with E-state index >= 15 is 0 Å². The first-order valence-electron chi connectivity index (χ1n) is 5.15. The highest BCUT2D eigenvalue weighted by Crippen LogP contribution is 2.30. The second kappa shape index (κ2) is 7.15. The largest absolute Gasteiger partial charge is 0.377 e. The molecule has 0 aliphatic rings. The standard InChI is InChI=1S/C10H10ClF3N2O3/c11-6-3-8(9(16(17)18)4-7(6)12)15-1-2-19-5-10(13)14/h3-4,10,15H,1-2,5H2. The summed E-state index contributed by atoms with van der Waals surface area (Å²) >= 11 is 5.50. The van der Waals surface area contributed by atoms with E-state index < -0.39 is 29.5 Å². The lowest BCUT2D eigenvalue weighted by Gasteiger charge is -2.08. The molecule has 19 heavy (non-hydrogen) atoms. The molecule has 0 saturated heterocycles. The minimum Gasteiger partial charge on any atom is -0.377 e. The Morgan fingerprint density at radius 1 is 1.47 bits per heavy atom. The number of nitrogens with one attached hydrogen (secondary N) is 1. The lowest BCUT2D eigenvalue weighted by atomic mass is 10.2. The van der Waals surface area contributed by atoms with Gasteiger partial charge in [-0.25, -0.2) is 13.2 Å². The predicted octanol–water partition coefficient (Wildman–Crippen LogP) is 3.08. The summed E-state index contributed by atoms with van der Waals surface area (Å²) < 4.78 is 41.2. The van der Waals surface area contributed by atoms with E-state index in [0.29, 0.717) is 6.07 Å². The Morgan fingerprint density at radius 3 is 2.74 bits per heavy atom. The van der Waals surface area contributed by atoms with Gasteiger partial charge in [0.1, 0.15) is 18.1 Å². The lowest BCUT2D eigenvalue weighted by Crippen LogP contribution is -2.13. The van der Waals surface area contributed by atoms with Crippen molar-refractivity contribution >= 4 is 23.0 Å². The van der Waals surface area contributed by atoms with Gasteiger partial charge in [0, 0.05) is 6.54 Å². The van der Waals surface area contributed by atoms with Crippen LogP contribution < -0.4 is 5.32 Å². The zero-order valence-corrected chi connectivity index (χ0v) is 10.3. The molecule has 0 heterocycles. The van der Waals surface area contributed by atoms with Gasteiger partial charge in [0.25, 0.3) is 12.1 Å². The highest BCUT2D eigenvalue weighted by Gasteiger charge is 2.17. The summed E-state index contributed by atoms with van der Waals surface area (Å²) in [7, 11) is 0. The number of halogens is 4. The third-order valence-corrected chi connectivity index (χ3v) is 2.33. The minimum atomic E-state index is -2.57. The average molecular weight is 299 g/mol. The maximum atomic E-state index is 13.1. The highest BCUT2D eigenvalue weighted by atomic mass is 35.5. The summed E-state index contributed by atoms with van der Waals surface area (Å²) in [6, 6.07) is 1.74. The maximum Gasteiger partial charge on any atom is 0.295 e. The number of rotatable bonds is 7. The second-order valence-corrected chi connectivity index (χ2v) is 3.84. The Bertz CT molecular complexity index is 460. The van der Waals surface area contributed by atoms with E-state index in [1.807, 2.05) is 0 Å². The monoisotopic (exact) mass is 298 g/mol. The molecule has 0 amide bonds. The zero-order chi connectivity index (χ0) is 14.4. The van der Waals surface area contributed by atoms with E-state index in [2.05, 4.69) is 10.1 Å². The van der Waals surface area contributed by atoms with Crippen LogP contribution in [0.5, 0.6) is 0 Å². The molecule has 0 aromatic heterocycles. The molecule has 0 spiro atoms. The van der Waals surface area contributed by atoms with E-state index in [0.717, 1.165) is 6.07 Å². The molecule has 0 unspecified atom stereocenters. The van der Waals surface area contributed by atoms with Gasteiger partial charge in [0.2, 0.25) is 0 Å². The molecule has 0 fully saturated rings. The van der Waals surface area contributed by atoms with Gasteiger partial charge in [-0.05, 0) is 6.07 Å². The molecule has 0 aliphatic heterocycles. The molecule has 0 atom stereocenters. The summed E-state index contributed by atoms with van der Waals surface area (Å²) in [5.41, 5.74) is -0.493. The zero-order valence-electron chi connectivity index (χ0n) is 9.54. The Morgan fingerprint density at radius 2 is 2.16 bits per heavy atom. The Kier molecular flexibility index (Phi) is 5.84. The molecule has 1 aromatic rings. The van der Waals surface area contributed by atoms with Crippen molar-refractivity contribution in [2.45, 2.75) is 6.43 Å². The Balaban J connectivity index is 2.62. The number of nitrogens with zero attached hydrogens (tertiary/aromatic N) is 1. The third-order valence-electron chi connectivity index (χ3n) is 2.04. The topological polar surface area (TPSA) is 64.4 Å². The van der Waals surface area contributed by atoms with E-state index in [9.17, 15) is 23.3 Å². The molecule has 1 N–H and O–H groups in total. The van der Waals surface area contributed by atoms with Crippen molar-refractivity contribution < 1.29 is 22.8 Å². The fraction of sp³-hybridized carbons (Fsp3) is 0.400. The first-order valence-corrected chi connectivity index (χ1v) is 5.52. The molecule has 5 nitrogen and oxygen atoms in total. The van der Waals surface area contributed by atoms with Gasteiger partial charge in [-0.15, -0.1) is 0 Å². The van der Waals surface area contributed by atoms with Gasteiger partial charge in [0.15, 0.2) is 0 Å². The van der Waals surface area contributed by atoms with E-state index in [4.69, 9.17) is 11.6 Å². The van der Waals surface area contributed by atoms with Crippen molar-refractivity contribution in [2.24, 2.45) is 0 Å². The molecule has 1 rings (SSSR count). The van der Waals surface area contributed by atoms with Crippen LogP contribution in [-0.2, 0) is 4.74 Å². The van der Waals surface area contributed by atoms with Crippen molar-refractivity contribution in [3.63, 3.8) is 0 Å². The summed E-state index contributed by atoms with van der Waals surface area (Å²) in [5, 5.41) is 13.0. The number of hydrogen-bond donors (Lipinski definition) is 1. The summed E-state index contributed by atoms with van der Waals surface area (Å²) in [6.45, 7) is -0.736. The van der Waals surface area contributed by atoms with E-state index in [1.165, 1.54) is 0 Å². The number of alkyl halides is 2. The van der Waals surface area contributed by atoms with Gasteiger partial charge < -0.3 is 10.1 Å². The van der Waals surface area contributed by atoms with E-state index in [1.54, 1.807) is 0 Å². The quantitative estimate of drug-likeness (QED) is 0.477.